The second-order valence-corrected chi connectivity index (χ2v) is 17.0. The number of ether oxygens (including phenoxy) is 5. The number of hydrogen-bond acceptors (Lipinski definition) is 19. The standard InChI is InChI=1S/C23H32N6O5.C21H34N6O4.H2/c1-13(2)33-15-7-5-14(6-8-15)9-25-10-17-27-21(24-3)18-22(28-17)29(12-26-18)23-20(31)19(30)16(34-23)11-32-4;1-22-19-16-20(26-15(25-19)8-9-23-10-13-6-4-3-5-7-13)27(12-24-16)21-18(29)17(28)14(31-21)11-30-2;/h5-8,12-13,16,19-20,23,25,30-31H,9-11H2,1-4H3,(H,24,27,28);12-14,17-18,21,23,28-29H,3-11H2,1-2H3,(H,22,25,26);1H/t16-,19-,20-,23-;14-,17-,18-,21-;/m11./s1. The first-order valence-electron chi connectivity index (χ1n) is 22.5. The highest BCUT2D eigenvalue weighted by atomic mass is 16.6. The molecule has 0 bridgehead atoms. The topological polar surface area (TPSA) is 262 Å². The summed E-state index contributed by atoms with van der Waals surface area (Å²) in [6, 6.07) is 7.94. The van der Waals surface area contributed by atoms with Crippen LogP contribution in [0.5, 0.6) is 5.75 Å². The Kier molecular flexibility index (Phi) is 16.8. The lowest BCUT2D eigenvalue weighted by Gasteiger charge is -2.21. The van der Waals surface area contributed by atoms with Gasteiger partial charge in [0.25, 0.3) is 0 Å². The molecule has 8 rings (SSSR count). The van der Waals surface area contributed by atoms with Crippen LogP contribution in [0.1, 0.15) is 77.0 Å². The van der Waals surface area contributed by atoms with Crippen molar-refractivity contribution in [1.29, 1.82) is 0 Å². The summed E-state index contributed by atoms with van der Waals surface area (Å²) < 4.78 is 30.9. The molecule has 65 heavy (non-hydrogen) atoms. The molecule has 3 aliphatic rings. The van der Waals surface area contributed by atoms with Crippen LogP contribution in [0.4, 0.5) is 11.6 Å². The molecule has 1 aromatic carbocycles. The van der Waals surface area contributed by atoms with Gasteiger partial charge in [-0.3, -0.25) is 9.13 Å². The second kappa shape index (κ2) is 22.7. The maximum absolute atomic E-state index is 10.6. The van der Waals surface area contributed by atoms with Gasteiger partial charge in [-0.15, -0.1) is 0 Å². The highest BCUT2D eigenvalue weighted by Gasteiger charge is 2.45. The summed E-state index contributed by atoms with van der Waals surface area (Å²) in [5.41, 5.74) is 3.32. The Morgan fingerprint density at radius 3 is 1.77 bits per heavy atom. The summed E-state index contributed by atoms with van der Waals surface area (Å²) in [6.07, 6.45) is 3.35. The second-order valence-electron chi connectivity index (χ2n) is 17.0. The highest BCUT2D eigenvalue weighted by molar-refractivity contribution is 5.83. The molecule has 2 saturated heterocycles. The normalized spacial score (nSPS) is 24.8. The number of aliphatic hydroxyl groups excluding tert-OH is 4. The Balaban J connectivity index is 0.000000216. The zero-order valence-electron chi connectivity index (χ0n) is 38.1. The molecule has 0 radical (unpaired) electrons. The van der Waals surface area contributed by atoms with Crippen LogP contribution in [0.2, 0.25) is 0 Å². The van der Waals surface area contributed by atoms with E-state index in [1.807, 2.05) is 38.1 Å². The van der Waals surface area contributed by atoms with E-state index in [2.05, 4.69) is 46.2 Å². The largest absolute Gasteiger partial charge is 0.491 e. The number of benzene rings is 1. The molecule has 358 valence electrons. The van der Waals surface area contributed by atoms with Gasteiger partial charge in [-0.25, -0.2) is 29.9 Å². The molecular formula is C44H68N12O9. The van der Waals surface area contributed by atoms with Crippen molar-refractivity contribution in [3.8, 4) is 5.75 Å². The monoisotopic (exact) mass is 909 g/mol. The third-order valence-corrected chi connectivity index (χ3v) is 11.9. The van der Waals surface area contributed by atoms with Crippen LogP contribution >= 0.6 is 0 Å². The van der Waals surface area contributed by atoms with Crippen LogP contribution in [0.3, 0.4) is 0 Å². The van der Waals surface area contributed by atoms with Crippen molar-refractivity contribution in [2.24, 2.45) is 5.92 Å². The number of rotatable bonds is 19. The van der Waals surface area contributed by atoms with Crippen molar-refractivity contribution in [3.05, 3.63) is 54.1 Å². The van der Waals surface area contributed by atoms with Crippen LogP contribution < -0.4 is 26.0 Å². The third-order valence-electron chi connectivity index (χ3n) is 11.9. The van der Waals surface area contributed by atoms with E-state index in [0.717, 1.165) is 30.3 Å². The summed E-state index contributed by atoms with van der Waals surface area (Å²) in [6.45, 7) is 7.24. The average molecular weight is 909 g/mol. The molecule has 4 aromatic heterocycles. The Morgan fingerprint density at radius 1 is 0.708 bits per heavy atom. The van der Waals surface area contributed by atoms with Crippen molar-refractivity contribution in [2.45, 2.75) is 121 Å². The first-order chi connectivity index (χ1) is 31.5. The van der Waals surface area contributed by atoms with Gasteiger partial charge >= 0.3 is 0 Å². The van der Waals surface area contributed by atoms with Crippen LogP contribution in [-0.2, 0) is 38.5 Å². The molecule has 6 heterocycles. The number of nitrogens with one attached hydrogen (secondary N) is 4. The molecule has 8 atom stereocenters. The number of aliphatic hydroxyl groups is 4. The minimum Gasteiger partial charge on any atom is -0.491 e. The van der Waals surface area contributed by atoms with E-state index in [0.29, 0.717) is 65.1 Å². The average Bonchev–Trinajstić information content (AvgIpc) is 4.07. The molecule has 8 N–H and O–H groups in total. The van der Waals surface area contributed by atoms with Gasteiger partial charge in [-0.1, -0.05) is 31.4 Å². The van der Waals surface area contributed by atoms with E-state index in [4.69, 9.17) is 28.7 Å². The van der Waals surface area contributed by atoms with E-state index in [9.17, 15) is 20.4 Å². The molecule has 0 spiro atoms. The Hall–Kier alpha value is -4.68. The smallest absolute Gasteiger partial charge is 0.168 e. The zero-order chi connectivity index (χ0) is 46.0. The molecule has 1 aliphatic carbocycles. The molecule has 2 aliphatic heterocycles. The number of methoxy groups -OCH3 is 2. The van der Waals surface area contributed by atoms with Crippen LogP contribution in [0.25, 0.3) is 22.3 Å². The third kappa shape index (κ3) is 11.5. The molecule has 0 amide bonds. The van der Waals surface area contributed by atoms with Crippen LogP contribution in [-0.4, -0.2) is 157 Å². The summed E-state index contributed by atoms with van der Waals surface area (Å²) in [7, 11) is 6.61. The van der Waals surface area contributed by atoms with Crippen LogP contribution in [0.15, 0.2) is 36.9 Å². The quantitative estimate of drug-likeness (QED) is 0.0553. The molecule has 1 saturated carbocycles. The number of imidazole rings is 2. The van der Waals surface area contributed by atoms with Gasteiger partial charge in [0.05, 0.1) is 38.5 Å². The van der Waals surface area contributed by atoms with Crippen molar-refractivity contribution in [2.75, 3.05) is 65.3 Å². The van der Waals surface area contributed by atoms with Gasteiger partial charge < -0.3 is 65.4 Å². The predicted octanol–water partition coefficient (Wildman–Crippen LogP) is 2.30. The fraction of sp³-hybridized carbons (Fsp3) is 0.636. The molecular weight excluding hydrogens is 841 g/mol. The minimum absolute atomic E-state index is 0. The molecule has 0 unspecified atom stereocenters. The lowest BCUT2D eigenvalue weighted by molar-refractivity contribution is -0.0580. The lowest BCUT2D eigenvalue weighted by Crippen LogP contribution is -2.33. The number of nitrogens with zero attached hydrogens (tertiary/aromatic N) is 8. The van der Waals surface area contributed by atoms with Gasteiger partial charge in [0, 0.05) is 49.3 Å². The van der Waals surface area contributed by atoms with E-state index in [1.165, 1.54) is 52.7 Å². The van der Waals surface area contributed by atoms with E-state index >= 15 is 0 Å². The fourth-order valence-electron chi connectivity index (χ4n) is 8.53. The molecule has 21 heteroatoms. The van der Waals surface area contributed by atoms with Gasteiger partial charge in [0.15, 0.2) is 46.4 Å². The maximum Gasteiger partial charge on any atom is 0.168 e. The summed E-state index contributed by atoms with van der Waals surface area (Å²) in [5, 5.41) is 54.7. The highest BCUT2D eigenvalue weighted by Crippen LogP contribution is 2.34. The van der Waals surface area contributed by atoms with Crippen molar-refractivity contribution >= 4 is 34.0 Å². The number of aromatic nitrogens is 8. The Labute approximate surface area is 380 Å². The maximum atomic E-state index is 10.6. The Bertz CT molecular complexity index is 2260. The van der Waals surface area contributed by atoms with Crippen molar-refractivity contribution in [3.63, 3.8) is 0 Å². The zero-order valence-corrected chi connectivity index (χ0v) is 38.1. The fourth-order valence-corrected chi connectivity index (χ4v) is 8.53. The van der Waals surface area contributed by atoms with E-state index < -0.39 is 49.1 Å². The molecule has 5 aromatic rings. The van der Waals surface area contributed by atoms with Gasteiger partial charge in [-0.05, 0) is 56.8 Å². The van der Waals surface area contributed by atoms with Crippen molar-refractivity contribution in [1.82, 2.24) is 49.7 Å². The van der Waals surface area contributed by atoms with Gasteiger partial charge in [0.1, 0.15) is 54.0 Å². The summed E-state index contributed by atoms with van der Waals surface area (Å²) in [5.74, 6) is 4.06. The van der Waals surface area contributed by atoms with Crippen molar-refractivity contribution < 1.29 is 45.5 Å². The van der Waals surface area contributed by atoms with Crippen LogP contribution in [0, 0.1) is 5.92 Å². The minimum atomic E-state index is -1.14. The SMILES string of the molecule is CNc1nc(CCNCC2CCCCC2)nc2c1ncn2[C@@H]1O[C@H](COC)[C@@H](O)[C@H]1O.CNc1nc(CNCc2ccc(OC(C)C)cc2)nc2c1ncn2[C@@H]1O[C@H](COC)[C@@H](O)[C@H]1O.[HH]. The first kappa shape index (κ1) is 48.3. The summed E-state index contributed by atoms with van der Waals surface area (Å²) in [4.78, 5) is 27.4. The number of fused-ring (bicyclic) bond motifs is 2. The Morgan fingerprint density at radius 2 is 1.25 bits per heavy atom. The molecule has 3 fully saturated rings. The lowest BCUT2D eigenvalue weighted by atomic mass is 9.89. The van der Waals surface area contributed by atoms with Gasteiger partial charge in [0.2, 0.25) is 0 Å². The number of anilines is 2. The van der Waals surface area contributed by atoms with E-state index in [1.54, 1.807) is 29.6 Å². The first-order valence-corrected chi connectivity index (χ1v) is 22.5. The molecule has 21 nitrogen and oxygen atoms in total. The van der Waals surface area contributed by atoms with Gasteiger partial charge in [-0.2, -0.15) is 0 Å². The number of hydrogen-bond donors (Lipinski definition) is 8. The predicted molar refractivity (Wildman–Crippen MR) is 243 cm³/mol. The summed E-state index contributed by atoms with van der Waals surface area (Å²) >= 11 is 0. The van der Waals surface area contributed by atoms with E-state index in [-0.39, 0.29) is 20.7 Å².